The van der Waals surface area contributed by atoms with Gasteiger partial charge in [0.15, 0.2) is 0 Å². The summed E-state index contributed by atoms with van der Waals surface area (Å²) in [5, 5.41) is 22.1. The maximum Gasteiger partial charge on any atom is 0.242 e. The van der Waals surface area contributed by atoms with Gasteiger partial charge in [-0.15, -0.1) is 10.2 Å². The number of nitrogens with one attached hydrogen (secondary N) is 3. The summed E-state index contributed by atoms with van der Waals surface area (Å²) in [6.45, 7) is 1.21. The van der Waals surface area contributed by atoms with Gasteiger partial charge in [0.1, 0.15) is 15.6 Å². The Bertz CT molecular complexity index is 1320. The molecule has 3 aromatic rings. The van der Waals surface area contributed by atoms with Crippen molar-refractivity contribution >= 4 is 25.9 Å². The summed E-state index contributed by atoms with van der Waals surface area (Å²) in [5.74, 6) is 0.114. The number of hydrogen-bond acceptors (Lipinski definition) is 10. The van der Waals surface area contributed by atoms with E-state index in [2.05, 4.69) is 35.6 Å². The fourth-order valence-corrected chi connectivity index (χ4v) is 6.46. The molecular formula is C17H21N9O4S2. The Hall–Kier alpha value is -2.98. The Morgan fingerprint density at radius 2 is 1.94 bits per heavy atom. The molecule has 3 heterocycles. The number of primary sulfonamides is 1. The van der Waals surface area contributed by atoms with Crippen LogP contribution >= 0.6 is 0 Å². The quantitative estimate of drug-likeness (QED) is 0.296. The first-order valence-electron chi connectivity index (χ1n) is 9.55. The molecule has 0 unspecified atom stereocenters. The van der Waals surface area contributed by atoms with Crippen LogP contribution in [0, 0.1) is 0 Å². The third-order valence-electron chi connectivity index (χ3n) is 4.98. The van der Waals surface area contributed by atoms with Crippen molar-refractivity contribution in [1.82, 2.24) is 35.6 Å². The molecule has 7 N–H and O–H groups in total. The molecule has 0 bridgehead atoms. The minimum absolute atomic E-state index is 0.113. The predicted molar refractivity (Wildman–Crippen MR) is 115 cm³/mol. The number of nitrogens with zero attached hydrogens (tertiary/aromatic N) is 4. The average Bonchev–Trinajstić information content (AvgIpc) is 3.28. The van der Waals surface area contributed by atoms with Crippen molar-refractivity contribution in [3.63, 3.8) is 0 Å². The van der Waals surface area contributed by atoms with E-state index in [1.165, 1.54) is 24.4 Å². The number of anilines is 1. The maximum absolute atomic E-state index is 13.2. The summed E-state index contributed by atoms with van der Waals surface area (Å²) < 4.78 is 54.4. The van der Waals surface area contributed by atoms with Crippen molar-refractivity contribution in [2.45, 2.75) is 28.7 Å². The zero-order valence-corrected chi connectivity index (χ0v) is 18.3. The summed E-state index contributed by atoms with van der Waals surface area (Å²) in [5.41, 5.74) is 6.28. The van der Waals surface area contributed by atoms with Crippen molar-refractivity contribution in [3.8, 4) is 22.5 Å². The third-order valence-corrected chi connectivity index (χ3v) is 7.67. The number of H-pyrrole nitrogens is 1. The van der Waals surface area contributed by atoms with Crippen LogP contribution in [0.1, 0.15) is 12.8 Å². The van der Waals surface area contributed by atoms with Gasteiger partial charge in [-0.1, -0.05) is 6.07 Å². The fraction of sp³-hybridized carbons (Fsp3) is 0.294. The van der Waals surface area contributed by atoms with Gasteiger partial charge in [-0.3, -0.25) is 0 Å². The van der Waals surface area contributed by atoms with Crippen molar-refractivity contribution in [1.29, 1.82) is 0 Å². The van der Waals surface area contributed by atoms with Gasteiger partial charge in [0.25, 0.3) is 0 Å². The monoisotopic (exact) mass is 479 g/mol. The minimum atomic E-state index is -4.55. The van der Waals surface area contributed by atoms with E-state index < -0.39 is 35.9 Å². The number of tetrazole rings is 1. The summed E-state index contributed by atoms with van der Waals surface area (Å²) in [6.07, 6.45) is 2.82. The van der Waals surface area contributed by atoms with Crippen LogP contribution in [0.2, 0.25) is 0 Å². The predicted octanol–water partition coefficient (Wildman–Crippen LogP) is -0.811. The van der Waals surface area contributed by atoms with E-state index in [1.54, 1.807) is 6.07 Å². The molecule has 2 aromatic heterocycles. The number of pyridine rings is 1. The lowest BCUT2D eigenvalue weighted by atomic mass is 10.0. The molecule has 13 nitrogen and oxygen atoms in total. The third kappa shape index (κ3) is 4.46. The molecule has 1 aliphatic rings. The molecule has 170 valence electrons. The van der Waals surface area contributed by atoms with Gasteiger partial charge in [-0.25, -0.2) is 31.7 Å². The van der Waals surface area contributed by atoms with Crippen LogP contribution < -0.4 is 20.9 Å². The number of rotatable bonds is 6. The first-order valence-corrected chi connectivity index (χ1v) is 12.6. The molecule has 1 saturated heterocycles. The zero-order valence-electron chi connectivity index (χ0n) is 16.7. The first kappa shape index (κ1) is 22.2. The van der Waals surface area contributed by atoms with Gasteiger partial charge in [-0.2, -0.15) is 5.21 Å². The second-order valence-electron chi connectivity index (χ2n) is 7.23. The number of nitrogens with two attached hydrogens (primary N) is 2. The highest BCUT2D eigenvalue weighted by molar-refractivity contribution is 7.92. The molecule has 0 radical (unpaired) electrons. The number of sulfonamides is 2. The number of aromatic amines is 1. The normalized spacial score (nSPS) is 17.3. The van der Waals surface area contributed by atoms with E-state index in [1.807, 2.05) is 0 Å². The number of benzene rings is 1. The van der Waals surface area contributed by atoms with Crippen LogP contribution in [0.25, 0.3) is 22.5 Å². The highest BCUT2D eigenvalue weighted by atomic mass is 32.2. The van der Waals surface area contributed by atoms with E-state index in [0.717, 1.165) is 13.0 Å². The van der Waals surface area contributed by atoms with Crippen LogP contribution in [0.4, 0.5) is 5.82 Å². The van der Waals surface area contributed by atoms with E-state index >= 15 is 0 Å². The Labute approximate surface area is 184 Å². The van der Waals surface area contributed by atoms with E-state index in [9.17, 15) is 16.8 Å². The van der Waals surface area contributed by atoms with Gasteiger partial charge in [0.2, 0.25) is 25.9 Å². The largest absolute Gasteiger partial charge is 0.384 e. The number of nitrogen functional groups attached to an aromatic ring is 1. The Morgan fingerprint density at radius 3 is 2.53 bits per heavy atom. The molecular weight excluding hydrogens is 458 g/mol. The lowest BCUT2D eigenvalue weighted by molar-refractivity contribution is 0.428. The highest BCUT2D eigenvalue weighted by Gasteiger charge is 2.33. The van der Waals surface area contributed by atoms with E-state index in [0.29, 0.717) is 24.1 Å². The smallest absolute Gasteiger partial charge is 0.242 e. The minimum Gasteiger partial charge on any atom is -0.384 e. The Balaban J connectivity index is 1.96. The van der Waals surface area contributed by atoms with Gasteiger partial charge in [0, 0.05) is 24.3 Å². The number of aromatic nitrogens is 5. The van der Waals surface area contributed by atoms with E-state index in [-0.39, 0.29) is 17.2 Å². The van der Waals surface area contributed by atoms with Crippen LogP contribution in [0.3, 0.4) is 0 Å². The van der Waals surface area contributed by atoms with E-state index in [4.69, 9.17) is 10.9 Å². The number of hydrogen-bond donors (Lipinski definition) is 5. The second kappa shape index (κ2) is 8.51. The summed E-state index contributed by atoms with van der Waals surface area (Å²) in [7, 11) is -8.82. The molecule has 1 fully saturated rings. The lowest BCUT2D eigenvalue weighted by Gasteiger charge is -2.24. The molecule has 1 aromatic carbocycles. The standard InChI is InChI=1S/C17H21N9O4S2/c18-14-6-3-10(8-21-14)12-4-5-13(32(29,30)24-11-2-1-7-20-9-11)16(31(19,27)28)15(12)17-22-25-26-23-17/h3-6,8,11,20,24H,1-2,7,9H2,(H2,18,21)(H2,19,27,28)(H,22,23,25,26)/t11-/m0/s1. The molecule has 15 heteroatoms. The zero-order chi connectivity index (χ0) is 22.9. The van der Waals surface area contributed by atoms with Gasteiger partial charge < -0.3 is 11.1 Å². The highest BCUT2D eigenvalue weighted by Crippen LogP contribution is 2.38. The summed E-state index contributed by atoms with van der Waals surface area (Å²) in [6, 6.07) is 5.37. The van der Waals surface area contributed by atoms with Crippen molar-refractivity contribution < 1.29 is 16.8 Å². The van der Waals surface area contributed by atoms with Crippen LogP contribution in [-0.4, -0.2) is 61.6 Å². The summed E-state index contributed by atoms with van der Waals surface area (Å²) >= 11 is 0. The Kier molecular flexibility index (Phi) is 5.91. The molecule has 0 aliphatic carbocycles. The van der Waals surface area contributed by atoms with Crippen LogP contribution in [0.15, 0.2) is 40.3 Å². The molecule has 0 saturated carbocycles. The van der Waals surface area contributed by atoms with Crippen molar-refractivity contribution in [2.24, 2.45) is 5.14 Å². The van der Waals surface area contributed by atoms with Gasteiger partial charge in [-0.05, 0) is 48.4 Å². The summed E-state index contributed by atoms with van der Waals surface area (Å²) in [4.78, 5) is 2.88. The van der Waals surface area contributed by atoms with Gasteiger partial charge in [0.05, 0.1) is 5.56 Å². The van der Waals surface area contributed by atoms with Crippen molar-refractivity contribution in [2.75, 3.05) is 18.8 Å². The molecule has 0 amide bonds. The van der Waals surface area contributed by atoms with Crippen LogP contribution in [0.5, 0.6) is 0 Å². The fourth-order valence-electron chi connectivity index (χ4n) is 3.59. The molecule has 1 aliphatic heterocycles. The molecule has 32 heavy (non-hydrogen) atoms. The lowest BCUT2D eigenvalue weighted by Crippen LogP contribution is -2.45. The van der Waals surface area contributed by atoms with Crippen LogP contribution in [-0.2, 0) is 20.0 Å². The molecule has 1 atom stereocenters. The average molecular weight is 480 g/mol. The SMILES string of the molecule is Nc1ccc(-c2ccc(S(=O)(=O)N[C@H]3CCCNC3)c(S(N)(=O)=O)c2-c2nn[nH]n2)cn1. The molecule has 0 spiro atoms. The van der Waals surface area contributed by atoms with Crippen molar-refractivity contribution in [3.05, 3.63) is 30.5 Å². The second-order valence-corrected chi connectivity index (χ2v) is 10.4. The topological polar surface area (TPSA) is 212 Å². The van der Waals surface area contributed by atoms with Gasteiger partial charge >= 0.3 is 0 Å². The first-order chi connectivity index (χ1) is 15.2. The maximum atomic E-state index is 13.2. The Morgan fingerprint density at radius 1 is 1.12 bits per heavy atom. The number of piperidine rings is 1. The molecule has 4 rings (SSSR count).